The molecule has 3 N–H and O–H groups in total. The van der Waals surface area contributed by atoms with Gasteiger partial charge in [0.2, 0.25) is 5.91 Å². The minimum Gasteiger partial charge on any atom is -0.522 e. The smallest absolute Gasteiger partial charge is 0.322 e. The Morgan fingerprint density at radius 1 is 1.33 bits per heavy atom. The summed E-state index contributed by atoms with van der Waals surface area (Å²) >= 11 is 0. The Bertz CT molecular complexity index is 173. The minimum absolute atomic E-state index is 0. The molecule has 0 aliphatic rings. The fraction of sp³-hybridized carbons (Fsp3) is 0.400. The maximum absolute atomic E-state index is 10.5. The van der Waals surface area contributed by atoms with E-state index in [-0.39, 0.29) is 6.54 Å². The van der Waals surface area contributed by atoms with E-state index in [0.717, 1.165) is 0 Å². The molecule has 74 valence electrons. The third-order valence-electron chi connectivity index (χ3n) is 0.758. The molecule has 0 aliphatic heterocycles. The fourth-order valence-electron chi connectivity index (χ4n) is 0.353. The van der Waals surface area contributed by atoms with Gasteiger partial charge in [0.15, 0.2) is 0 Å². The zero-order valence-corrected chi connectivity index (χ0v) is 8.28. The van der Waals surface area contributed by atoms with Crippen LogP contribution in [0, 0.1) is 0 Å². The van der Waals surface area contributed by atoms with Crippen molar-refractivity contribution >= 4 is 18.3 Å². The van der Waals surface area contributed by atoms with Crippen LogP contribution in [0.25, 0.3) is 0 Å². The molecule has 7 heteroatoms. The van der Waals surface area contributed by atoms with E-state index >= 15 is 0 Å². The molecular weight excluding hydrogens is 409 g/mol. The van der Waals surface area contributed by atoms with E-state index in [1.165, 1.54) is 6.41 Å². The van der Waals surface area contributed by atoms with Gasteiger partial charge in [-0.3, -0.25) is 9.59 Å². The molecule has 0 atom stereocenters. The van der Waals surface area contributed by atoms with E-state index < -0.39 is 18.4 Å². The van der Waals surface area contributed by atoms with Gasteiger partial charge in [-0.2, -0.15) is 6.41 Å². The molecule has 0 spiro atoms. The summed E-state index contributed by atoms with van der Waals surface area (Å²) in [6.45, 7) is -0.698. The van der Waals surface area contributed by atoms with Gasteiger partial charge in [-0.1, -0.05) is 0 Å². The summed E-state index contributed by atoms with van der Waals surface area (Å²) in [6.07, 6.45) is 1.28. The van der Waals surface area contributed by atoms with Crippen LogP contribution in [0.1, 0.15) is 0 Å². The normalized spacial score (nSPS) is 7.67. The van der Waals surface area contributed by atoms with Crippen molar-refractivity contribution in [2.24, 2.45) is 0 Å². The SMILES string of the molecule is O=[C-]NCC(=O)NCC(=O)O.[Fm]. The Hall–Kier alpha value is -2.59. The fourth-order valence-corrected chi connectivity index (χ4v) is 0.353. The van der Waals surface area contributed by atoms with Crippen molar-refractivity contribution < 1.29 is 19.5 Å². The molecule has 0 unspecified atom stereocenters. The van der Waals surface area contributed by atoms with Gasteiger partial charge >= 0.3 is 5.97 Å². The molecule has 0 heterocycles. The van der Waals surface area contributed by atoms with Crippen LogP contribution in [-0.4, -0.2) is 36.5 Å². The third-order valence-corrected chi connectivity index (χ3v) is 0.758. The van der Waals surface area contributed by atoms with Crippen LogP contribution in [0.5, 0.6) is 0 Å². The first-order valence-corrected chi connectivity index (χ1v) is 2.75. The van der Waals surface area contributed by atoms with Crippen LogP contribution < -0.4 is 10.6 Å². The molecule has 0 aromatic heterocycles. The largest absolute Gasteiger partial charge is 0.522 e. The average Bonchev–Trinajstić information content (AvgIpc) is 1.97. The van der Waals surface area contributed by atoms with Crippen LogP contribution in [0.15, 0.2) is 0 Å². The number of rotatable bonds is 5. The second kappa shape index (κ2) is 6.53. The zero-order chi connectivity index (χ0) is 8.69. The van der Waals surface area contributed by atoms with Crippen LogP contribution in [0.3, 0.4) is 0 Å². The molecule has 0 fully saturated rings. The maximum Gasteiger partial charge on any atom is 0.322 e. The number of carboxylic acids is 1. The van der Waals surface area contributed by atoms with Gasteiger partial charge in [0.05, 0.1) is 6.54 Å². The molecule has 0 radical (unpaired) electrons. The Kier molecular flexibility index (Phi) is 6.59. The number of carbonyl (C=O) groups is 2. The number of hydrogen-bond acceptors (Lipinski definition) is 3. The molecular formula is C5H7FmN2O4-. The van der Waals surface area contributed by atoms with Gasteiger partial charge in [0.25, 0.3) is 0 Å². The van der Waals surface area contributed by atoms with Gasteiger partial charge in [0.1, 0.15) is 6.54 Å². The number of aliphatic carboxylic acids is 1. The Balaban J connectivity index is 0. The summed E-state index contributed by atoms with van der Waals surface area (Å²) in [7, 11) is 0. The monoisotopic (exact) mass is 416 g/mol. The van der Waals surface area contributed by atoms with Crippen molar-refractivity contribution in [3.63, 3.8) is 0 Å². The van der Waals surface area contributed by atoms with Crippen molar-refractivity contribution in [2.45, 2.75) is 0 Å². The van der Waals surface area contributed by atoms with Crippen LogP contribution in [0.4, 0.5) is 0 Å². The predicted molar refractivity (Wildman–Crippen MR) is 34.3 cm³/mol. The van der Waals surface area contributed by atoms with Crippen LogP contribution in [0.2, 0.25) is 0 Å². The standard InChI is InChI=1S/C5H7N2O4.Fm/c8-3-6-1-4(9)7-2-5(10)11;/h1-2H2,(H,6,8)(H,7,9)(H,10,11);/q-1;. The van der Waals surface area contributed by atoms with Gasteiger partial charge in [-0.25, -0.2) is 0 Å². The van der Waals surface area contributed by atoms with Crippen LogP contribution in [-0.2, 0) is 14.4 Å². The maximum atomic E-state index is 10.5. The number of carbonyl (C=O) groups excluding carboxylic acids is 2. The summed E-state index contributed by atoms with van der Waals surface area (Å²) < 4.78 is 0. The molecule has 12 heavy (non-hydrogen) atoms. The summed E-state index contributed by atoms with van der Waals surface area (Å²) in [5.74, 6) is -1.69. The number of carboxylic acid groups (broad SMARTS) is 1. The van der Waals surface area contributed by atoms with Crippen molar-refractivity contribution in [2.75, 3.05) is 13.1 Å². The van der Waals surface area contributed by atoms with E-state index in [9.17, 15) is 14.4 Å². The van der Waals surface area contributed by atoms with E-state index in [0.29, 0.717) is 0 Å². The summed E-state index contributed by atoms with van der Waals surface area (Å²) in [6, 6.07) is 0. The third kappa shape index (κ3) is 7.41. The molecule has 0 saturated carbocycles. The molecule has 0 aliphatic carbocycles. The van der Waals surface area contributed by atoms with Crippen molar-refractivity contribution in [1.29, 1.82) is 0 Å². The quantitative estimate of drug-likeness (QED) is 0.352. The first kappa shape index (κ1) is 12.1. The molecule has 0 rings (SSSR count). The van der Waals surface area contributed by atoms with Crippen molar-refractivity contribution in [1.82, 2.24) is 10.6 Å². The van der Waals surface area contributed by atoms with E-state index in [1.54, 1.807) is 0 Å². The Labute approximate surface area is 62.6 Å². The molecule has 2 amide bonds. The molecule has 6 nitrogen and oxygen atoms in total. The number of nitrogens with one attached hydrogen (secondary N) is 2. The van der Waals surface area contributed by atoms with Gasteiger partial charge in [-0.05, 0) is 0 Å². The van der Waals surface area contributed by atoms with Crippen LogP contribution >= 0.6 is 0 Å². The van der Waals surface area contributed by atoms with Gasteiger partial charge in [-0.15, -0.1) is 0 Å². The summed E-state index contributed by atoms with van der Waals surface area (Å²) in [5, 5.41) is 12.1. The number of hydrogen-bond donors (Lipinski definition) is 3. The Morgan fingerprint density at radius 2 is 1.92 bits per heavy atom. The van der Waals surface area contributed by atoms with E-state index in [2.05, 4.69) is 0 Å². The second-order valence-electron chi connectivity index (χ2n) is 1.63. The number of amides is 2. The minimum atomic E-state index is -1.13. The first-order chi connectivity index (χ1) is 5.16. The molecule has 0 bridgehead atoms. The van der Waals surface area contributed by atoms with Gasteiger partial charge < -0.3 is 20.5 Å². The summed E-state index contributed by atoms with van der Waals surface area (Å²) in [4.78, 5) is 29.9. The van der Waals surface area contributed by atoms with Crippen molar-refractivity contribution in [3.05, 3.63) is 0 Å². The summed E-state index contributed by atoms with van der Waals surface area (Å²) in [5.41, 5.74) is 0. The van der Waals surface area contributed by atoms with E-state index in [4.69, 9.17) is 5.11 Å². The van der Waals surface area contributed by atoms with Crippen molar-refractivity contribution in [3.8, 4) is 0 Å². The first-order valence-electron chi connectivity index (χ1n) is 2.75. The molecule has 0 aromatic rings. The van der Waals surface area contributed by atoms with Gasteiger partial charge in [0, 0.05) is 0 Å². The second-order valence-corrected chi connectivity index (χ2v) is 1.63. The average molecular weight is 416 g/mol. The topological polar surface area (TPSA) is 95.5 Å². The van der Waals surface area contributed by atoms with E-state index in [1.807, 2.05) is 10.6 Å². The Morgan fingerprint density at radius 3 is 2.33 bits per heavy atom. The molecule has 0 saturated heterocycles. The molecule has 0 aromatic carbocycles. The predicted octanol–water partition coefficient (Wildman–Crippen LogP) is -2.16. The zero-order valence-electron chi connectivity index (χ0n) is 5.87.